The molecule has 1 aromatic carbocycles. The molecular weight excluding hydrogens is 314 g/mol. The van der Waals surface area contributed by atoms with E-state index < -0.39 is 0 Å². The predicted molar refractivity (Wildman–Crippen MR) is 111 cm³/mol. The molecule has 2 aliphatic rings. The fourth-order valence-electron chi connectivity index (χ4n) is 4.70. The highest BCUT2D eigenvalue weighted by atomic mass is 14.3. The summed E-state index contributed by atoms with van der Waals surface area (Å²) in [6.07, 6.45) is 21.2. The molecule has 0 bridgehead atoms. The van der Waals surface area contributed by atoms with Crippen molar-refractivity contribution in [3.63, 3.8) is 0 Å². The molecule has 2 aliphatic carbocycles. The lowest BCUT2D eigenvalue weighted by Gasteiger charge is -2.33. The van der Waals surface area contributed by atoms with Crippen LogP contribution in [0.15, 0.2) is 42.5 Å². The molecule has 1 nitrogen and oxygen atoms in total. The third-order valence-corrected chi connectivity index (χ3v) is 6.44. The van der Waals surface area contributed by atoms with E-state index in [9.17, 15) is 0 Å². The van der Waals surface area contributed by atoms with Crippen molar-refractivity contribution in [1.82, 2.24) is 0 Å². The first-order valence-electron chi connectivity index (χ1n) is 10.7. The molecule has 1 unspecified atom stereocenters. The van der Waals surface area contributed by atoms with Gasteiger partial charge in [-0.25, -0.2) is 0 Å². The number of nitrogens with zero attached hydrogens (tertiary/aromatic N) is 1. The lowest BCUT2D eigenvalue weighted by Crippen LogP contribution is -2.21. The normalized spacial score (nSPS) is 25.5. The zero-order valence-corrected chi connectivity index (χ0v) is 16.3. The van der Waals surface area contributed by atoms with Crippen LogP contribution >= 0.6 is 0 Å². The topological polar surface area (TPSA) is 23.8 Å². The second-order valence-electron chi connectivity index (χ2n) is 8.24. The monoisotopic (exact) mass is 347 g/mol. The van der Waals surface area contributed by atoms with Crippen molar-refractivity contribution < 1.29 is 0 Å². The van der Waals surface area contributed by atoms with Crippen LogP contribution in [0.2, 0.25) is 0 Å². The standard InChI is InChI=1S/C25H33N/c1-2-3-4-5-6-20-7-11-22(12-8-20)24-15-17-25(18-16-24)23-13-9-21(19-26)10-14-23/h9-10,13-15,17-18,20,22,24H,2-8,11-12,16H2,1H3. The van der Waals surface area contributed by atoms with Crippen LogP contribution in [0.4, 0.5) is 0 Å². The summed E-state index contributed by atoms with van der Waals surface area (Å²) in [6, 6.07) is 10.2. The van der Waals surface area contributed by atoms with Gasteiger partial charge in [0.1, 0.15) is 0 Å². The molecule has 138 valence electrons. The zero-order valence-electron chi connectivity index (χ0n) is 16.3. The Morgan fingerprint density at radius 3 is 2.38 bits per heavy atom. The predicted octanol–water partition coefficient (Wildman–Crippen LogP) is 7.29. The Morgan fingerprint density at radius 1 is 1.00 bits per heavy atom. The van der Waals surface area contributed by atoms with Gasteiger partial charge in [-0.15, -0.1) is 0 Å². The first-order chi connectivity index (χ1) is 12.8. The molecule has 0 radical (unpaired) electrons. The molecule has 1 atom stereocenters. The molecule has 0 saturated heterocycles. The van der Waals surface area contributed by atoms with Crippen LogP contribution in [0, 0.1) is 29.1 Å². The van der Waals surface area contributed by atoms with E-state index in [1.54, 1.807) is 0 Å². The molecule has 0 heterocycles. The second-order valence-corrected chi connectivity index (χ2v) is 8.24. The van der Waals surface area contributed by atoms with Crippen LogP contribution in [-0.4, -0.2) is 0 Å². The van der Waals surface area contributed by atoms with Gasteiger partial charge in [-0.2, -0.15) is 5.26 Å². The van der Waals surface area contributed by atoms with Gasteiger partial charge in [0.15, 0.2) is 0 Å². The summed E-state index contributed by atoms with van der Waals surface area (Å²) in [5.74, 6) is 2.62. The summed E-state index contributed by atoms with van der Waals surface area (Å²) in [5, 5.41) is 8.93. The number of rotatable bonds is 7. The average molecular weight is 348 g/mol. The number of hydrogen-bond donors (Lipinski definition) is 0. The molecule has 1 saturated carbocycles. The zero-order chi connectivity index (χ0) is 18.2. The van der Waals surface area contributed by atoms with Crippen LogP contribution in [0.3, 0.4) is 0 Å². The molecule has 0 aliphatic heterocycles. The third kappa shape index (κ3) is 5.10. The lowest BCUT2D eigenvalue weighted by molar-refractivity contribution is 0.218. The van der Waals surface area contributed by atoms with Crippen LogP contribution in [-0.2, 0) is 0 Å². The Kier molecular flexibility index (Phi) is 7.13. The fourth-order valence-corrected chi connectivity index (χ4v) is 4.70. The van der Waals surface area contributed by atoms with Crippen molar-refractivity contribution in [1.29, 1.82) is 5.26 Å². The maximum absolute atomic E-state index is 8.93. The number of benzene rings is 1. The van der Waals surface area contributed by atoms with E-state index in [4.69, 9.17) is 5.26 Å². The van der Waals surface area contributed by atoms with Gasteiger partial charge >= 0.3 is 0 Å². The van der Waals surface area contributed by atoms with E-state index in [2.05, 4.69) is 43.4 Å². The highest BCUT2D eigenvalue weighted by molar-refractivity contribution is 5.75. The van der Waals surface area contributed by atoms with Crippen molar-refractivity contribution in [3.8, 4) is 6.07 Å². The summed E-state index contributed by atoms with van der Waals surface area (Å²) in [6.45, 7) is 2.30. The Morgan fingerprint density at radius 2 is 1.77 bits per heavy atom. The average Bonchev–Trinajstić information content (AvgIpc) is 2.72. The minimum Gasteiger partial charge on any atom is -0.192 e. The molecule has 26 heavy (non-hydrogen) atoms. The van der Waals surface area contributed by atoms with Crippen molar-refractivity contribution in [2.45, 2.75) is 71.1 Å². The number of allylic oxidation sites excluding steroid dienone is 4. The number of nitriles is 1. The Bertz CT molecular complexity index is 650. The van der Waals surface area contributed by atoms with E-state index in [1.807, 2.05) is 12.1 Å². The SMILES string of the molecule is CCCCCCC1CCC(C2C=CC(c3ccc(C#N)cc3)=CC2)CC1. The maximum atomic E-state index is 8.93. The maximum Gasteiger partial charge on any atom is 0.0991 e. The molecule has 0 N–H and O–H groups in total. The van der Waals surface area contributed by atoms with Crippen molar-refractivity contribution in [3.05, 3.63) is 53.6 Å². The molecule has 1 fully saturated rings. The number of unbranched alkanes of at least 4 members (excludes halogenated alkanes) is 3. The largest absolute Gasteiger partial charge is 0.192 e. The van der Waals surface area contributed by atoms with Gasteiger partial charge < -0.3 is 0 Å². The molecule has 0 spiro atoms. The molecule has 3 rings (SSSR count). The Balaban J connectivity index is 1.44. The summed E-state index contributed by atoms with van der Waals surface area (Å²) in [5.41, 5.74) is 3.28. The second kappa shape index (κ2) is 9.77. The van der Waals surface area contributed by atoms with Gasteiger partial charge in [0, 0.05) is 0 Å². The smallest absolute Gasteiger partial charge is 0.0991 e. The van der Waals surface area contributed by atoms with E-state index in [-0.39, 0.29) is 0 Å². The molecule has 1 heteroatoms. The summed E-state index contributed by atoms with van der Waals surface area (Å²) >= 11 is 0. The van der Waals surface area contributed by atoms with Gasteiger partial charge in [0.25, 0.3) is 0 Å². The molecule has 0 aromatic heterocycles. The van der Waals surface area contributed by atoms with Crippen molar-refractivity contribution in [2.24, 2.45) is 17.8 Å². The van der Waals surface area contributed by atoms with Gasteiger partial charge in [0.05, 0.1) is 11.6 Å². The lowest BCUT2D eigenvalue weighted by atomic mass is 9.72. The minimum absolute atomic E-state index is 0.734. The van der Waals surface area contributed by atoms with Crippen LogP contribution < -0.4 is 0 Å². The summed E-state index contributed by atoms with van der Waals surface area (Å²) in [7, 11) is 0. The van der Waals surface area contributed by atoms with Gasteiger partial charge in [-0.1, -0.05) is 82.2 Å². The van der Waals surface area contributed by atoms with Crippen molar-refractivity contribution in [2.75, 3.05) is 0 Å². The molecule has 1 aromatic rings. The third-order valence-electron chi connectivity index (χ3n) is 6.44. The highest BCUT2D eigenvalue weighted by Gasteiger charge is 2.26. The van der Waals surface area contributed by atoms with E-state index >= 15 is 0 Å². The Hall–Kier alpha value is -1.81. The number of hydrogen-bond acceptors (Lipinski definition) is 1. The van der Waals surface area contributed by atoms with Gasteiger partial charge in [0.2, 0.25) is 0 Å². The minimum atomic E-state index is 0.734. The molecular formula is C25H33N. The van der Waals surface area contributed by atoms with Crippen LogP contribution in [0.1, 0.15) is 82.3 Å². The fraction of sp³-hybridized carbons (Fsp3) is 0.560. The van der Waals surface area contributed by atoms with Crippen LogP contribution in [0.25, 0.3) is 5.57 Å². The molecule has 0 amide bonds. The first kappa shape index (κ1) is 19.0. The highest BCUT2D eigenvalue weighted by Crippen LogP contribution is 2.39. The van der Waals surface area contributed by atoms with Gasteiger partial charge in [-0.05, 0) is 60.3 Å². The van der Waals surface area contributed by atoms with E-state index in [0.717, 1.165) is 23.3 Å². The summed E-state index contributed by atoms with van der Waals surface area (Å²) < 4.78 is 0. The Labute approximate surface area is 159 Å². The van der Waals surface area contributed by atoms with E-state index in [0.29, 0.717) is 0 Å². The van der Waals surface area contributed by atoms with Gasteiger partial charge in [-0.3, -0.25) is 0 Å². The van der Waals surface area contributed by atoms with Crippen LogP contribution in [0.5, 0.6) is 0 Å². The van der Waals surface area contributed by atoms with Crippen molar-refractivity contribution >= 4 is 5.57 Å². The quantitative estimate of drug-likeness (QED) is 0.475. The first-order valence-corrected chi connectivity index (χ1v) is 10.7. The summed E-state index contributed by atoms with van der Waals surface area (Å²) in [4.78, 5) is 0. The van der Waals surface area contributed by atoms with E-state index in [1.165, 1.54) is 75.3 Å².